The first-order valence-corrected chi connectivity index (χ1v) is 6.25. The summed E-state index contributed by atoms with van der Waals surface area (Å²) >= 11 is 0. The van der Waals surface area contributed by atoms with E-state index >= 15 is 0 Å². The Balaban J connectivity index is 0.000000444. The Morgan fingerprint density at radius 1 is 1.40 bits per heavy atom. The van der Waals surface area contributed by atoms with Crippen molar-refractivity contribution in [1.29, 1.82) is 0 Å². The van der Waals surface area contributed by atoms with E-state index in [1.54, 1.807) is 10.9 Å². The van der Waals surface area contributed by atoms with Crippen LogP contribution in [0.4, 0.5) is 9.59 Å². The topological polar surface area (TPSA) is 110 Å². The molecule has 1 aromatic heterocycles. The number of amides is 2. The van der Waals surface area contributed by atoms with Crippen LogP contribution in [0.2, 0.25) is 0 Å². The molecule has 1 heterocycles. The number of carbonyl (C=O) groups excluding carboxylic acids is 1. The highest BCUT2D eigenvalue weighted by atomic mass is 16.4. The zero-order chi connectivity index (χ0) is 15.0. The summed E-state index contributed by atoms with van der Waals surface area (Å²) in [4.78, 5) is 24.8. The highest BCUT2D eigenvalue weighted by Crippen LogP contribution is 2.10. The molecule has 0 bridgehead atoms. The molecule has 0 atom stereocenters. The number of carbonyl (C=O) groups is 2. The van der Waals surface area contributed by atoms with Gasteiger partial charge in [-0.2, -0.15) is 0 Å². The van der Waals surface area contributed by atoms with Gasteiger partial charge < -0.3 is 16.2 Å². The molecule has 7 heteroatoms. The zero-order valence-electron chi connectivity index (χ0n) is 11.2. The number of nitrogens with zero attached hydrogens (tertiary/aromatic N) is 2. The quantitative estimate of drug-likeness (QED) is 0.746. The van der Waals surface area contributed by atoms with Gasteiger partial charge in [-0.3, -0.25) is 4.57 Å². The fourth-order valence-electron chi connectivity index (χ4n) is 1.58. The van der Waals surface area contributed by atoms with Gasteiger partial charge in [0.25, 0.3) is 0 Å². The van der Waals surface area contributed by atoms with Gasteiger partial charge in [-0.05, 0) is 18.6 Å². The normalized spacial score (nSPS) is 9.65. The second-order valence-corrected chi connectivity index (χ2v) is 4.03. The van der Waals surface area contributed by atoms with Crippen molar-refractivity contribution < 1.29 is 14.7 Å². The Kier molecular flexibility index (Phi) is 6.02. The molecule has 2 aromatic rings. The van der Waals surface area contributed by atoms with E-state index < -0.39 is 6.09 Å². The molecule has 2 amide bonds. The number of para-hydroxylation sites is 2. The molecule has 2 rings (SSSR count). The Hall–Kier alpha value is -2.57. The lowest BCUT2D eigenvalue weighted by molar-refractivity contribution is 0.205. The van der Waals surface area contributed by atoms with Gasteiger partial charge in [0.1, 0.15) is 6.33 Å². The summed E-state index contributed by atoms with van der Waals surface area (Å²) in [5, 5.41) is 10.1. The molecule has 0 aliphatic heterocycles. The van der Waals surface area contributed by atoms with Crippen LogP contribution in [0.1, 0.15) is 19.8 Å². The van der Waals surface area contributed by atoms with Gasteiger partial charge in [-0.1, -0.05) is 25.5 Å². The number of nitrogens with two attached hydrogens (primary N) is 1. The third-order valence-electron chi connectivity index (χ3n) is 2.48. The van der Waals surface area contributed by atoms with E-state index in [1.807, 2.05) is 24.3 Å². The van der Waals surface area contributed by atoms with Crippen LogP contribution in [0, 0.1) is 0 Å². The maximum atomic E-state index is 11.8. The van der Waals surface area contributed by atoms with E-state index in [9.17, 15) is 4.79 Å². The summed E-state index contributed by atoms with van der Waals surface area (Å²) in [5.41, 5.74) is 5.71. The summed E-state index contributed by atoms with van der Waals surface area (Å²) < 4.78 is 1.55. The number of nitrogens with one attached hydrogen (secondary N) is 1. The van der Waals surface area contributed by atoms with E-state index in [0.717, 1.165) is 23.9 Å². The number of hydrogen-bond donors (Lipinski definition) is 3. The van der Waals surface area contributed by atoms with Crippen LogP contribution in [-0.4, -0.2) is 33.3 Å². The molecule has 0 spiro atoms. The molecule has 0 radical (unpaired) electrons. The largest absolute Gasteiger partial charge is 0.465 e. The van der Waals surface area contributed by atoms with Gasteiger partial charge in [0.2, 0.25) is 0 Å². The molecule has 7 nitrogen and oxygen atoms in total. The molecular weight excluding hydrogens is 260 g/mol. The molecule has 20 heavy (non-hydrogen) atoms. The van der Waals surface area contributed by atoms with Crippen molar-refractivity contribution in [2.75, 3.05) is 6.54 Å². The minimum atomic E-state index is -1.33. The summed E-state index contributed by atoms with van der Waals surface area (Å²) in [6, 6.07) is 7.49. The number of rotatable bonds is 3. The number of carboxylic acid groups (broad SMARTS) is 1. The van der Waals surface area contributed by atoms with Crippen molar-refractivity contribution >= 4 is 23.2 Å². The van der Waals surface area contributed by atoms with Crippen LogP contribution >= 0.6 is 0 Å². The average Bonchev–Trinajstić information content (AvgIpc) is 2.82. The van der Waals surface area contributed by atoms with Crippen molar-refractivity contribution in [2.45, 2.75) is 19.8 Å². The van der Waals surface area contributed by atoms with Gasteiger partial charge in [0, 0.05) is 6.54 Å². The van der Waals surface area contributed by atoms with Crippen molar-refractivity contribution in [3.8, 4) is 0 Å². The van der Waals surface area contributed by atoms with E-state index in [-0.39, 0.29) is 6.03 Å². The third-order valence-corrected chi connectivity index (χ3v) is 2.48. The summed E-state index contributed by atoms with van der Waals surface area (Å²) in [7, 11) is 0. The number of unbranched alkanes of at least 4 members (excludes halogenated alkanes) is 1. The minimum Gasteiger partial charge on any atom is -0.465 e. The highest BCUT2D eigenvalue weighted by molar-refractivity contribution is 5.88. The van der Waals surface area contributed by atoms with Crippen molar-refractivity contribution in [1.82, 2.24) is 14.9 Å². The number of hydrogen-bond acceptors (Lipinski definition) is 3. The molecule has 108 valence electrons. The second kappa shape index (κ2) is 7.78. The highest BCUT2D eigenvalue weighted by Gasteiger charge is 2.07. The molecule has 0 unspecified atom stereocenters. The molecule has 0 saturated carbocycles. The average molecular weight is 278 g/mol. The molecule has 1 aromatic carbocycles. The fourth-order valence-corrected chi connectivity index (χ4v) is 1.58. The van der Waals surface area contributed by atoms with E-state index in [0.29, 0.717) is 6.54 Å². The molecule has 0 aliphatic carbocycles. The van der Waals surface area contributed by atoms with Gasteiger partial charge in [-0.15, -0.1) is 0 Å². The first-order chi connectivity index (χ1) is 9.56. The minimum absolute atomic E-state index is 0.109. The van der Waals surface area contributed by atoms with Crippen LogP contribution in [-0.2, 0) is 0 Å². The van der Waals surface area contributed by atoms with Gasteiger partial charge >= 0.3 is 12.1 Å². The number of primary amides is 1. The van der Waals surface area contributed by atoms with E-state index in [2.05, 4.69) is 23.0 Å². The number of benzene rings is 1. The van der Waals surface area contributed by atoms with Gasteiger partial charge in [0.15, 0.2) is 0 Å². The number of aromatic nitrogens is 2. The molecular formula is C13H18N4O3. The predicted octanol–water partition coefficient (Wildman–Crippen LogP) is 2.02. The first kappa shape index (κ1) is 15.5. The molecule has 0 fully saturated rings. The monoisotopic (exact) mass is 278 g/mol. The number of fused-ring (bicyclic) bond motifs is 1. The zero-order valence-corrected chi connectivity index (χ0v) is 11.2. The maximum absolute atomic E-state index is 11.8. The van der Waals surface area contributed by atoms with E-state index in [1.165, 1.54) is 0 Å². The van der Waals surface area contributed by atoms with Crippen LogP contribution in [0.3, 0.4) is 0 Å². The Morgan fingerprint density at radius 3 is 2.70 bits per heavy atom. The molecule has 0 aliphatic rings. The van der Waals surface area contributed by atoms with Crippen molar-refractivity contribution in [2.24, 2.45) is 5.73 Å². The lowest BCUT2D eigenvalue weighted by Gasteiger charge is -2.04. The van der Waals surface area contributed by atoms with Crippen molar-refractivity contribution in [3.63, 3.8) is 0 Å². The van der Waals surface area contributed by atoms with Gasteiger partial charge in [-0.25, -0.2) is 14.6 Å². The van der Waals surface area contributed by atoms with Gasteiger partial charge in [0.05, 0.1) is 11.0 Å². The van der Waals surface area contributed by atoms with Crippen LogP contribution in [0.5, 0.6) is 0 Å². The molecule has 0 saturated heterocycles. The van der Waals surface area contributed by atoms with Crippen LogP contribution < -0.4 is 11.1 Å². The Bertz CT molecular complexity index is 576. The summed E-state index contributed by atoms with van der Waals surface area (Å²) in [6.45, 7) is 2.81. The van der Waals surface area contributed by atoms with Crippen molar-refractivity contribution in [3.05, 3.63) is 30.6 Å². The first-order valence-electron chi connectivity index (χ1n) is 6.25. The molecule has 4 N–H and O–H groups in total. The van der Waals surface area contributed by atoms with E-state index in [4.69, 9.17) is 9.90 Å². The fraction of sp³-hybridized carbons (Fsp3) is 0.308. The van der Waals surface area contributed by atoms with Crippen LogP contribution in [0.25, 0.3) is 11.0 Å². The van der Waals surface area contributed by atoms with Crippen LogP contribution in [0.15, 0.2) is 30.6 Å². The lowest BCUT2D eigenvalue weighted by Crippen LogP contribution is -2.28. The second-order valence-electron chi connectivity index (χ2n) is 4.03. The Morgan fingerprint density at radius 2 is 2.05 bits per heavy atom. The standard InChI is InChI=1S/C12H15N3O.CH3NO2/c1-2-3-8-13-12(16)15-9-14-10-6-4-5-7-11(10)15;2-1(3)4/h4-7,9H,2-3,8H2,1H3,(H,13,16);2H2,(H,3,4). The summed E-state index contributed by atoms with van der Waals surface area (Å²) in [5.74, 6) is 0. The third kappa shape index (κ3) is 4.60. The SMILES string of the molecule is CCCCNC(=O)n1cnc2ccccc21.NC(=O)O. The number of imidazole rings is 1. The Labute approximate surface area is 116 Å². The smallest absolute Gasteiger partial charge is 0.402 e. The lowest BCUT2D eigenvalue weighted by atomic mass is 10.3. The maximum Gasteiger partial charge on any atom is 0.402 e. The predicted molar refractivity (Wildman–Crippen MR) is 75.6 cm³/mol. The summed E-state index contributed by atoms with van der Waals surface area (Å²) in [6.07, 6.45) is 2.30.